The van der Waals surface area contributed by atoms with Crippen LogP contribution in [0.2, 0.25) is 0 Å². The second-order valence-corrected chi connectivity index (χ2v) is 7.68. The smallest absolute Gasteiger partial charge is 0.219 e. The van der Waals surface area contributed by atoms with E-state index < -0.39 is 17.0 Å². The molecule has 0 saturated carbocycles. The largest absolute Gasteiger partial charge is 0.379 e. The van der Waals surface area contributed by atoms with Gasteiger partial charge in [0, 0.05) is 42.2 Å². The maximum absolute atomic E-state index is 14.8. The summed E-state index contributed by atoms with van der Waals surface area (Å²) in [5.41, 5.74) is 8.52. The number of aromatic nitrogens is 2. The Kier molecular flexibility index (Phi) is 5.79. The van der Waals surface area contributed by atoms with E-state index in [1.165, 1.54) is 18.5 Å². The van der Waals surface area contributed by atoms with Crippen molar-refractivity contribution in [2.75, 3.05) is 36.8 Å². The average molecular weight is 413 g/mol. The molecular weight excluding hydrogens is 393 g/mol. The summed E-state index contributed by atoms with van der Waals surface area (Å²) in [6.45, 7) is 2.29. The third-order valence-electron chi connectivity index (χ3n) is 4.59. The van der Waals surface area contributed by atoms with Crippen LogP contribution < -0.4 is 10.5 Å². The van der Waals surface area contributed by atoms with Crippen LogP contribution >= 0.6 is 0 Å². The summed E-state index contributed by atoms with van der Waals surface area (Å²) in [6.07, 6.45) is 2.98. The molecule has 150 valence electrons. The van der Waals surface area contributed by atoms with Gasteiger partial charge in [0.2, 0.25) is 5.95 Å². The van der Waals surface area contributed by atoms with Crippen LogP contribution in [0.15, 0.2) is 54.9 Å². The number of ether oxygens (including phenoxy) is 1. The van der Waals surface area contributed by atoms with Crippen molar-refractivity contribution in [1.82, 2.24) is 14.3 Å². The minimum absolute atomic E-state index is 0.138. The van der Waals surface area contributed by atoms with E-state index in [1.807, 2.05) is 34.6 Å². The molecule has 2 heterocycles. The molecule has 1 unspecified atom stereocenters. The lowest BCUT2D eigenvalue weighted by atomic mass is 10.00. The predicted molar refractivity (Wildman–Crippen MR) is 111 cm³/mol. The van der Waals surface area contributed by atoms with E-state index in [-0.39, 0.29) is 5.95 Å². The first-order chi connectivity index (χ1) is 14.1. The van der Waals surface area contributed by atoms with Gasteiger partial charge in [0.1, 0.15) is 5.82 Å². The predicted octanol–water partition coefficient (Wildman–Crippen LogP) is 2.85. The summed E-state index contributed by atoms with van der Waals surface area (Å²) < 4.78 is 37.6. The zero-order valence-corrected chi connectivity index (χ0v) is 16.4. The second-order valence-electron chi connectivity index (χ2n) is 6.46. The number of nitrogens with one attached hydrogen (secondary N) is 1. The van der Waals surface area contributed by atoms with Crippen LogP contribution in [-0.4, -0.2) is 44.8 Å². The van der Waals surface area contributed by atoms with Crippen LogP contribution in [0.3, 0.4) is 0 Å². The third-order valence-corrected chi connectivity index (χ3v) is 5.82. The molecule has 1 aliphatic rings. The van der Waals surface area contributed by atoms with Crippen LogP contribution in [0, 0.1) is 5.82 Å². The van der Waals surface area contributed by atoms with Gasteiger partial charge in [0.15, 0.2) is 11.2 Å². The maximum Gasteiger partial charge on any atom is 0.219 e. The van der Waals surface area contributed by atoms with Gasteiger partial charge in [-0.05, 0) is 17.7 Å². The summed E-state index contributed by atoms with van der Waals surface area (Å²) >= 11 is -1.40. The van der Waals surface area contributed by atoms with Crippen molar-refractivity contribution >= 4 is 22.8 Å². The lowest BCUT2D eigenvalue weighted by molar-refractivity contribution is 0.0754. The first-order valence-electron chi connectivity index (χ1n) is 9.10. The summed E-state index contributed by atoms with van der Waals surface area (Å²) in [4.78, 5) is 7.82. The molecule has 0 radical (unpaired) electrons. The fraction of sp³-hybridized carbons (Fsp3) is 0.200. The van der Waals surface area contributed by atoms with Gasteiger partial charge in [-0.15, -0.1) is 0 Å². The Morgan fingerprint density at radius 1 is 1.03 bits per heavy atom. The van der Waals surface area contributed by atoms with Crippen LogP contribution in [0.25, 0.3) is 22.3 Å². The van der Waals surface area contributed by atoms with Gasteiger partial charge in [-0.2, -0.15) is 0 Å². The van der Waals surface area contributed by atoms with Gasteiger partial charge in [-0.25, -0.2) is 22.9 Å². The van der Waals surface area contributed by atoms with E-state index in [0.29, 0.717) is 48.7 Å². The Hall–Kier alpha value is -2.88. The van der Waals surface area contributed by atoms with Crippen molar-refractivity contribution in [3.63, 3.8) is 0 Å². The van der Waals surface area contributed by atoms with Gasteiger partial charge in [0.25, 0.3) is 0 Å². The molecular formula is C20H20FN5O2S. The van der Waals surface area contributed by atoms with E-state index in [1.54, 1.807) is 6.07 Å². The Bertz CT molecular complexity index is 1030. The van der Waals surface area contributed by atoms with Crippen LogP contribution in [0.4, 0.5) is 16.0 Å². The molecule has 0 bridgehead atoms. The lowest BCUT2D eigenvalue weighted by Gasteiger charge is -2.26. The third kappa shape index (κ3) is 4.42. The number of para-hydroxylation sites is 1. The summed E-state index contributed by atoms with van der Waals surface area (Å²) in [5.74, 6) is -0.265. The molecule has 29 heavy (non-hydrogen) atoms. The summed E-state index contributed by atoms with van der Waals surface area (Å²) in [7, 11) is 0. The van der Waals surface area contributed by atoms with Crippen molar-refractivity contribution in [1.29, 1.82) is 0 Å². The average Bonchev–Trinajstić information content (AvgIpc) is 2.75. The van der Waals surface area contributed by atoms with Crippen molar-refractivity contribution < 1.29 is 13.3 Å². The normalized spacial score (nSPS) is 15.8. The van der Waals surface area contributed by atoms with E-state index in [2.05, 4.69) is 14.7 Å². The molecule has 0 spiro atoms. The van der Waals surface area contributed by atoms with Gasteiger partial charge in [-0.3, -0.25) is 4.72 Å². The van der Waals surface area contributed by atoms with Crippen molar-refractivity contribution in [2.45, 2.75) is 0 Å². The number of halogens is 1. The zero-order valence-electron chi connectivity index (χ0n) is 15.5. The van der Waals surface area contributed by atoms with Gasteiger partial charge < -0.3 is 10.5 Å². The first-order valence-corrected chi connectivity index (χ1v) is 10.2. The second kappa shape index (κ2) is 8.64. The molecule has 1 aromatic heterocycles. The Morgan fingerprint density at radius 2 is 1.76 bits per heavy atom. The molecule has 3 N–H and O–H groups in total. The molecule has 2 aromatic carbocycles. The molecule has 1 aliphatic heterocycles. The van der Waals surface area contributed by atoms with E-state index in [4.69, 9.17) is 10.5 Å². The fourth-order valence-corrected chi connectivity index (χ4v) is 4.06. The standard InChI is InChI=1S/C20H20FN5O2S/c21-18-11-14(5-6-16(18)15-12-23-20(22)24-13-15)17-3-1-2-4-19(17)25-29(27)26-7-9-28-10-8-26/h1-6,11-13,25H,7-10H2,(H2,22,23,24). The highest BCUT2D eigenvalue weighted by atomic mass is 32.2. The number of morpholine rings is 1. The van der Waals surface area contributed by atoms with Crippen LogP contribution in [0.1, 0.15) is 0 Å². The van der Waals surface area contributed by atoms with Crippen molar-refractivity contribution in [3.8, 4) is 22.3 Å². The number of nitrogens with zero attached hydrogens (tertiary/aromatic N) is 3. The topological polar surface area (TPSA) is 93.4 Å². The number of anilines is 2. The number of hydrogen-bond donors (Lipinski definition) is 2. The highest BCUT2D eigenvalue weighted by molar-refractivity contribution is 7.84. The quantitative estimate of drug-likeness (QED) is 0.671. The van der Waals surface area contributed by atoms with E-state index in [9.17, 15) is 8.60 Å². The monoisotopic (exact) mass is 413 g/mol. The summed E-state index contributed by atoms with van der Waals surface area (Å²) in [5, 5.41) is 0. The molecule has 3 aromatic rings. The SMILES string of the molecule is Nc1ncc(-c2ccc(-c3ccccc3NS(=O)N3CCOCC3)cc2F)cn1. The maximum atomic E-state index is 14.8. The minimum atomic E-state index is -1.40. The summed E-state index contributed by atoms with van der Waals surface area (Å²) in [6, 6.07) is 12.3. The van der Waals surface area contributed by atoms with Gasteiger partial charge in [-0.1, -0.05) is 30.3 Å². The van der Waals surface area contributed by atoms with Gasteiger partial charge in [0.05, 0.1) is 18.9 Å². The van der Waals surface area contributed by atoms with Crippen molar-refractivity contribution in [3.05, 3.63) is 60.7 Å². The van der Waals surface area contributed by atoms with Crippen LogP contribution in [0.5, 0.6) is 0 Å². The molecule has 4 rings (SSSR count). The molecule has 1 saturated heterocycles. The number of nitrogen functional groups attached to an aromatic ring is 1. The Morgan fingerprint density at radius 3 is 2.48 bits per heavy atom. The first kappa shape index (κ1) is 19.4. The fourth-order valence-electron chi connectivity index (χ4n) is 3.09. The number of hydrogen-bond acceptors (Lipinski definition) is 5. The lowest BCUT2D eigenvalue weighted by Crippen LogP contribution is -2.39. The molecule has 0 aliphatic carbocycles. The number of benzene rings is 2. The van der Waals surface area contributed by atoms with Crippen molar-refractivity contribution in [2.24, 2.45) is 0 Å². The minimum Gasteiger partial charge on any atom is -0.379 e. The van der Waals surface area contributed by atoms with Crippen LogP contribution in [-0.2, 0) is 15.9 Å². The molecule has 0 amide bonds. The van der Waals surface area contributed by atoms with E-state index >= 15 is 0 Å². The molecule has 7 nitrogen and oxygen atoms in total. The molecule has 9 heteroatoms. The Labute approximate surface area is 170 Å². The Balaban J connectivity index is 1.61. The van der Waals surface area contributed by atoms with Gasteiger partial charge >= 0.3 is 0 Å². The van der Waals surface area contributed by atoms with E-state index in [0.717, 1.165) is 5.56 Å². The number of nitrogens with two attached hydrogens (primary N) is 1. The zero-order chi connectivity index (χ0) is 20.2. The highest BCUT2D eigenvalue weighted by Crippen LogP contribution is 2.32. The highest BCUT2D eigenvalue weighted by Gasteiger charge is 2.18. The number of rotatable bonds is 5. The molecule has 1 atom stereocenters. The molecule has 1 fully saturated rings.